The number of nitro groups is 2. The number of hydrogen-bond acceptors (Lipinski definition) is 8. The number of nitrogens with zero attached hydrogens (tertiary/aromatic N) is 2. The molecule has 0 aliphatic heterocycles. The lowest BCUT2D eigenvalue weighted by Gasteiger charge is -2.06. The smallest absolute Gasteiger partial charge is 0.342 e. The molecular formula is C14H10N4O6S2. The molecule has 12 heteroatoms. The van der Waals surface area contributed by atoms with Crippen molar-refractivity contribution in [2.45, 2.75) is 9.79 Å². The number of carbonyl (C=O) groups is 1. The Bertz CT molecular complexity index is 858. The highest BCUT2D eigenvalue weighted by atomic mass is 33.1. The first-order valence-corrected chi connectivity index (χ1v) is 8.84. The Balaban J connectivity index is 2.26. The first-order chi connectivity index (χ1) is 12.2. The number of carboxylic acid groups (broad SMARTS) is 1. The summed E-state index contributed by atoms with van der Waals surface area (Å²) in [6.45, 7) is 0. The van der Waals surface area contributed by atoms with Crippen molar-refractivity contribution in [3.63, 3.8) is 0 Å². The lowest BCUT2D eigenvalue weighted by atomic mass is 10.1. The predicted molar refractivity (Wildman–Crippen MR) is 95.9 cm³/mol. The molecule has 2 rings (SSSR count). The number of nitrogens with one attached hydrogen (secondary N) is 1. The fourth-order valence-corrected chi connectivity index (χ4v) is 3.91. The van der Waals surface area contributed by atoms with E-state index in [9.17, 15) is 25.0 Å². The number of aromatic carboxylic acids is 1. The van der Waals surface area contributed by atoms with Crippen LogP contribution in [0, 0.1) is 25.6 Å². The summed E-state index contributed by atoms with van der Waals surface area (Å²) >= 11 is 0. The topological polar surface area (TPSA) is 173 Å². The lowest BCUT2D eigenvalue weighted by molar-refractivity contribution is -0.385. The van der Waals surface area contributed by atoms with Gasteiger partial charge in [0.05, 0.1) is 15.4 Å². The molecule has 4 N–H and O–H groups in total. The maximum absolute atomic E-state index is 11.2. The second kappa shape index (κ2) is 7.84. The summed E-state index contributed by atoms with van der Waals surface area (Å²) in [6, 6.07) is 7.74. The van der Waals surface area contributed by atoms with Gasteiger partial charge in [-0.15, -0.1) is 0 Å². The van der Waals surface area contributed by atoms with E-state index in [1.54, 1.807) is 0 Å². The fraction of sp³-hybridized carbons (Fsp3) is 0. The molecular weight excluding hydrogens is 384 g/mol. The van der Waals surface area contributed by atoms with Gasteiger partial charge in [0.2, 0.25) is 0 Å². The summed E-state index contributed by atoms with van der Waals surface area (Å²) in [5, 5.41) is 38.3. The zero-order valence-corrected chi connectivity index (χ0v) is 14.4. The van der Waals surface area contributed by atoms with Gasteiger partial charge in [0, 0.05) is 21.9 Å². The van der Waals surface area contributed by atoms with E-state index in [4.69, 9.17) is 16.2 Å². The lowest BCUT2D eigenvalue weighted by Crippen LogP contribution is -2.13. The monoisotopic (exact) mass is 394 g/mol. The Morgan fingerprint density at radius 1 is 0.962 bits per heavy atom. The van der Waals surface area contributed by atoms with Crippen LogP contribution in [0.2, 0.25) is 0 Å². The van der Waals surface area contributed by atoms with Crippen molar-refractivity contribution in [1.82, 2.24) is 0 Å². The fourth-order valence-electron chi connectivity index (χ4n) is 1.94. The molecule has 0 amide bonds. The molecule has 0 unspecified atom stereocenters. The van der Waals surface area contributed by atoms with Crippen molar-refractivity contribution in [2.75, 3.05) is 0 Å². The quantitative estimate of drug-likeness (QED) is 0.209. The third-order valence-electron chi connectivity index (χ3n) is 3.08. The zero-order chi connectivity index (χ0) is 19.4. The average Bonchev–Trinajstić information content (AvgIpc) is 2.59. The number of amidine groups is 1. The first-order valence-electron chi connectivity index (χ1n) is 6.69. The van der Waals surface area contributed by atoms with Gasteiger partial charge in [0.15, 0.2) is 0 Å². The van der Waals surface area contributed by atoms with E-state index < -0.39 is 32.9 Å². The van der Waals surface area contributed by atoms with Crippen molar-refractivity contribution < 1.29 is 19.7 Å². The molecule has 2 aromatic carbocycles. The second-order valence-electron chi connectivity index (χ2n) is 4.76. The van der Waals surface area contributed by atoms with Crippen LogP contribution in [0.5, 0.6) is 0 Å². The molecule has 0 radical (unpaired) electrons. The van der Waals surface area contributed by atoms with Gasteiger partial charge in [-0.2, -0.15) is 0 Å². The maximum atomic E-state index is 11.2. The van der Waals surface area contributed by atoms with Crippen LogP contribution in [0.15, 0.2) is 46.2 Å². The van der Waals surface area contributed by atoms with Crippen LogP contribution in [-0.4, -0.2) is 26.8 Å². The average molecular weight is 394 g/mol. The van der Waals surface area contributed by atoms with Gasteiger partial charge in [-0.25, -0.2) is 4.79 Å². The maximum Gasteiger partial charge on any atom is 0.342 e. The molecule has 134 valence electrons. The molecule has 0 heterocycles. The van der Waals surface area contributed by atoms with Gasteiger partial charge < -0.3 is 10.8 Å². The number of nitrogen functional groups attached to an aromatic ring is 1. The molecule has 0 saturated heterocycles. The Kier molecular flexibility index (Phi) is 5.79. The molecule has 0 fully saturated rings. The van der Waals surface area contributed by atoms with Gasteiger partial charge in [-0.3, -0.25) is 25.6 Å². The second-order valence-corrected chi connectivity index (χ2v) is 7.03. The summed E-state index contributed by atoms with van der Waals surface area (Å²) in [7, 11) is 2.25. The molecule has 2 aromatic rings. The Labute approximate surface area is 153 Å². The van der Waals surface area contributed by atoms with Crippen molar-refractivity contribution in [1.29, 1.82) is 5.41 Å². The van der Waals surface area contributed by atoms with Crippen molar-refractivity contribution in [3.8, 4) is 0 Å². The van der Waals surface area contributed by atoms with Gasteiger partial charge in [-0.1, -0.05) is 21.6 Å². The summed E-state index contributed by atoms with van der Waals surface area (Å²) in [6.07, 6.45) is 0. The number of hydrogen-bond donors (Lipinski definition) is 3. The van der Waals surface area contributed by atoms with Crippen LogP contribution in [0.1, 0.15) is 15.9 Å². The molecule has 0 spiro atoms. The predicted octanol–water partition coefficient (Wildman–Crippen LogP) is 3.28. The van der Waals surface area contributed by atoms with Crippen LogP contribution in [0.25, 0.3) is 0 Å². The van der Waals surface area contributed by atoms with Crippen molar-refractivity contribution >= 4 is 44.8 Å². The molecule has 0 aliphatic rings. The molecule has 0 aliphatic carbocycles. The van der Waals surface area contributed by atoms with E-state index >= 15 is 0 Å². The summed E-state index contributed by atoms with van der Waals surface area (Å²) in [4.78, 5) is 32.5. The standard InChI is InChI=1S/C14H10N4O6S2/c15-13(16)9-5-7(1-3-11(9)17(21)22)25-26-8-2-4-12(18(23)24)10(6-8)14(19)20/h1-6H,(H3,15,16)(H,19,20). The number of carboxylic acids is 1. The van der Waals surface area contributed by atoms with Crippen LogP contribution in [0.3, 0.4) is 0 Å². The highest BCUT2D eigenvalue weighted by Crippen LogP contribution is 2.40. The normalized spacial score (nSPS) is 10.3. The first kappa shape index (κ1) is 19.2. The van der Waals surface area contributed by atoms with Gasteiger partial charge >= 0.3 is 5.97 Å². The van der Waals surface area contributed by atoms with Crippen LogP contribution < -0.4 is 5.73 Å². The Morgan fingerprint density at radius 2 is 1.38 bits per heavy atom. The summed E-state index contributed by atoms with van der Waals surface area (Å²) in [5.41, 5.74) is 4.08. The minimum atomic E-state index is -1.42. The Hall–Kier alpha value is -3.12. The zero-order valence-electron chi connectivity index (χ0n) is 12.7. The number of nitro benzene ring substituents is 2. The van der Waals surface area contributed by atoms with Gasteiger partial charge in [0.25, 0.3) is 11.4 Å². The van der Waals surface area contributed by atoms with Crippen molar-refractivity contribution in [2.24, 2.45) is 5.73 Å². The highest BCUT2D eigenvalue weighted by molar-refractivity contribution is 8.76. The summed E-state index contributed by atoms with van der Waals surface area (Å²) in [5.74, 6) is -1.87. The van der Waals surface area contributed by atoms with E-state index in [1.165, 1.54) is 30.3 Å². The van der Waals surface area contributed by atoms with Crippen molar-refractivity contribution in [3.05, 3.63) is 67.8 Å². The number of rotatable bonds is 7. The molecule has 0 bridgehead atoms. The molecule has 26 heavy (non-hydrogen) atoms. The largest absolute Gasteiger partial charge is 0.477 e. The molecule has 0 saturated carbocycles. The molecule has 0 aromatic heterocycles. The van der Waals surface area contributed by atoms with Gasteiger partial charge in [-0.05, 0) is 24.3 Å². The van der Waals surface area contributed by atoms with E-state index in [0.717, 1.165) is 27.7 Å². The summed E-state index contributed by atoms with van der Waals surface area (Å²) < 4.78 is 0. The van der Waals surface area contributed by atoms with Gasteiger partial charge in [0.1, 0.15) is 11.4 Å². The van der Waals surface area contributed by atoms with E-state index in [-0.39, 0.29) is 11.3 Å². The van der Waals surface area contributed by atoms with Crippen LogP contribution in [-0.2, 0) is 0 Å². The molecule has 0 atom stereocenters. The Morgan fingerprint density at radius 3 is 1.77 bits per heavy atom. The minimum Gasteiger partial charge on any atom is -0.477 e. The number of benzene rings is 2. The van der Waals surface area contributed by atoms with Crippen LogP contribution in [0.4, 0.5) is 11.4 Å². The SMILES string of the molecule is N=C(N)c1cc(SSc2ccc([N+](=O)[O-])c(C(=O)O)c2)ccc1[N+](=O)[O-]. The van der Waals surface area contributed by atoms with E-state index in [0.29, 0.717) is 9.79 Å². The highest BCUT2D eigenvalue weighted by Gasteiger charge is 2.21. The van der Waals surface area contributed by atoms with E-state index in [2.05, 4.69) is 0 Å². The molecule has 10 nitrogen and oxygen atoms in total. The van der Waals surface area contributed by atoms with E-state index in [1.807, 2.05) is 0 Å². The third kappa shape index (κ3) is 4.29. The number of nitrogens with two attached hydrogens (primary N) is 1. The van der Waals surface area contributed by atoms with Crippen LogP contribution >= 0.6 is 21.6 Å². The minimum absolute atomic E-state index is 0.0319. The third-order valence-corrected chi connectivity index (χ3v) is 5.46.